The minimum Gasteiger partial charge on any atom is -0.381 e. The van der Waals surface area contributed by atoms with Crippen molar-refractivity contribution < 1.29 is 0 Å². The van der Waals surface area contributed by atoms with Gasteiger partial charge in [0.1, 0.15) is 0 Å². The van der Waals surface area contributed by atoms with E-state index in [9.17, 15) is 0 Å². The molecule has 0 saturated heterocycles. The maximum atomic E-state index is 4.35. The molecule has 1 aromatic carbocycles. The zero-order valence-electron chi connectivity index (χ0n) is 11.1. The van der Waals surface area contributed by atoms with Crippen LogP contribution in [0.5, 0.6) is 0 Å². The van der Waals surface area contributed by atoms with E-state index < -0.39 is 0 Å². The van der Waals surface area contributed by atoms with Crippen molar-refractivity contribution >= 4 is 39.0 Å². The highest BCUT2D eigenvalue weighted by atomic mass is 79.9. The predicted octanol–water partition coefficient (Wildman–Crippen LogP) is 2.44. The van der Waals surface area contributed by atoms with Crippen molar-refractivity contribution in [2.24, 2.45) is 4.99 Å². The van der Waals surface area contributed by atoms with Crippen LogP contribution in [0.15, 0.2) is 21.6 Å². The molecule has 4 N–H and O–H groups in total. The van der Waals surface area contributed by atoms with Crippen molar-refractivity contribution in [3.63, 3.8) is 0 Å². The molecule has 19 heavy (non-hydrogen) atoms. The molecule has 0 bridgehead atoms. The number of aliphatic imine (C=N–C) groups is 1. The van der Waals surface area contributed by atoms with Gasteiger partial charge in [0, 0.05) is 18.6 Å². The summed E-state index contributed by atoms with van der Waals surface area (Å²) in [6.07, 6.45) is 0. The average molecular weight is 324 g/mol. The summed E-state index contributed by atoms with van der Waals surface area (Å²) in [6, 6.07) is 4.14. The van der Waals surface area contributed by atoms with Gasteiger partial charge in [0.25, 0.3) is 0 Å². The second kappa shape index (κ2) is 4.59. The Hall–Kier alpha value is -1.43. The van der Waals surface area contributed by atoms with Crippen LogP contribution in [0.4, 0.5) is 17.1 Å². The van der Waals surface area contributed by atoms with Crippen molar-refractivity contribution in [2.75, 3.05) is 35.6 Å². The van der Waals surface area contributed by atoms with Crippen molar-refractivity contribution in [2.45, 2.75) is 19.4 Å². The zero-order valence-corrected chi connectivity index (χ0v) is 12.7. The van der Waals surface area contributed by atoms with Gasteiger partial charge in [-0.2, -0.15) is 0 Å². The Kier molecular flexibility index (Phi) is 3.05. The fourth-order valence-corrected chi connectivity index (χ4v) is 2.79. The van der Waals surface area contributed by atoms with E-state index in [0.717, 1.165) is 47.1 Å². The van der Waals surface area contributed by atoms with Crippen LogP contribution in [0.25, 0.3) is 0 Å². The lowest BCUT2D eigenvalue weighted by atomic mass is 10.0. The first-order valence-corrected chi connectivity index (χ1v) is 7.24. The number of nitrogens with one attached hydrogen (secondary N) is 4. The summed E-state index contributed by atoms with van der Waals surface area (Å²) < 4.78 is 1.03. The van der Waals surface area contributed by atoms with Crippen LogP contribution < -0.4 is 21.3 Å². The molecule has 1 aromatic rings. The standard InChI is InChI=1S/C13H18BrN5/c1-13(2)7-17-9-4-3-8(10(14)11(9)19-13)18-12-15-5-6-16-12/h3-4,17,19H,5-7H2,1-2H3,(H2,15,16,18). The molecule has 2 aliphatic rings. The average Bonchev–Trinajstić information content (AvgIpc) is 2.86. The number of halogens is 1. The number of fused-ring (bicyclic) bond motifs is 1. The molecule has 3 rings (SSSR count). The molecule has 0 unspecified atom stereocenters. The van der Waals surface area contributed by atoms with E-state index >= 15 is 0 Å². The maximum absolute atomic E-state index is 4.35. The normalized spacial score (nSPS) is 19.6. The van der Waals surface area contributed by atoms with Gasteiger partial charge < -0.3 is 21.3 Å². The van der Waals surface area contributed by atoms with Gasteiger partial charge in [0.15, 0.2) is 5.96 Å². The van der Waals surface area contributed by atoms with E-state index in [-0.39, 0.29) is 5.54 Å². The van der Waals surface area contributed by atoms with E-state index in [0.29, 0.717) is 0 Å². The van der Waals surface area contributed by atoms with Crippen molar-refractivity contribution in [3.05, 3.63) is 16.6 Å². The van der Waals surface area contributed by atoms with E-state index in [1.54, 1.807) is 0 Å². The summed E-state index contributed by atoms with van der Waals surface area (Å²) in [7, 11) is 0. The fraction of sp³-hybridized carbons (Fsp3) is 0.462. The summed E-state index contributed by atoms with van der Waals surface area (Å²) in [5.41, 5.74) is 3.27. The van der Waals surface area contributed by atoms with Crippen LogP contribution in [-0.4, -0.2) is 31.1 Å². The third-order valence-electron chi connectivity index (χ3n) is 3.25. The molecule has 0 spiro atoms. The second-order valence-corrected chi connectivity index (χ2v) is 6.29. The predicted molar refractivity (Wildman–Crippen MR) is 84.3 cm³/mol. The largest absolute Gasteiger partial charge is 0.381 e. The van der Waals surface area contributed by atoms with Gasteiger partial charge in [-0.05, 0) is 41.9 Å². The summed E-state index contributed by atoms with van der Waals surface area (Å²) in [5, 5.41) is 13.5. The molecule has 0 fully saturated rings. The van der Waals surface area contributed by atoms with Gasteiger partial charge in [0.05, 0.1) is 28.1 Å². The van der Waals surface area contributed by atoms with Gasteiger partial charge in [-0.25, -0.2) is 0 Å². The number of benzene rings is 1. The minimum absolute atomic E-state index is 0.0390. The second-order valence-electron chi connectivity index (χ2n) is 5.49. The van der Waals surface area contributed by atoms with Crippen molar-refractivity contribution in [3.8, 4) is 0 Å². The molecule has 0 saturated carbocycles. The van der Waals surface area contributed by atoms with E-state index in [1.165, 1.54) is 0 Å². The summed E-state index contributed by atoms with van der Waals surface area (Å²) in [6.45, 7) is 7.00. The van der Waals surface area contributed by atoms with Gasteiger partial charge in [-0.3, -0.25) is 4.99 Å². The quantitative estimate of drug-likeness (QED) is 0.641. The monoisotopic (exact) mass is 323 g/mol. The molecule has 0 aromatic heterocycles. The Balaban J connectivity index is 1.91. The molecule has 0 radical (unpaired) electrons. The van der Waals surface area contributed by atoms with Gasteiger partial charge in [-0.15, -0.1) is 0 Å². The van der Waals surface area contributed by atoms with Gasteiger partial charge in [-0.1, -0.05) is 0 Å². The minimum atomic E-state index is 0.0390. The molecule has 5 nitrogen and oxygen atoms in total. The number of hydrogen-bond acceptors (Lipinski definition) is 5. The zero-order chi connectivity index (χ0) is 13.5. The highest BCUT2D eigenvalue weighted by molar-refractivity contribution is 9.10. The lowest BCUT2D eigenvalue weighted by Crippen LogP contribution is -2.42. The van der Waals surface area contributed by atoms with E-state index in [1.807, 2.05) is 0 Å². The highest BCUT2D eigenvalue weighted by Crippen LogP contribution is 2.40. The van der Waals surface area contributed by atoms with E-state index in [2.05, 4.69) is 68.2 Å². The van der Waals surface area contributed by atoms with Crippen LogP contribution in [0.1, 0.15) is 13.8 Å². The SMILES string of the molecule is CC1(C)CNc2ccc(NC3=NCCN3)c(Br)c2N1. The van der Waals surface area contributed by atoms with Crippen LogP contribution in [-0.2, 0) is 0 Å². The highest BCUT2D eigenvalue weighted by Gasteiger charge is 2.26. The topological polar surface area (TPSA) is 60.5 Å². The Labute approximate surface area is 121 Å². The van der Waals surface area contributed by atoms with Gasteiger partial charge in [0.2, 0.25) is 0 Å². The molecule has 2 heterocycles. The number of nitrogens with zero attached hydrogens (tertiary/aromatic N) is 1. The number of rotatable bonds is 1. The van der Waals surface area contributed by atoms with Crippen molar-refractivity contribution in [1.29, 1.82) is 0 Å². The Morgan fingerprint density at radius 2 is 2.16 bits per heavy atom. The lowest BCUT2D eigenvalue weighted by Gasteiger charge is -2.35. The molecule has 6 heteroatoms. The van der Waals surface area contributed by atoms with Crippen LogP contribution in [0, 0.1) is 0 Å². The first-order valence-electron chi connectivity index (χ1n) is 6.45. The fourth-order valence-electron chi connectivity index (χ4n) is 2.25. The van der Waals surface area contributed by atoms with Crippen LogP contribution in [0.2, 0.25) is 0 Å². The Morgan fingerprint density at radius 1 is 1.32 bits per heavy atom. The summed E-state index contributed by atoms with van der Waals surface area (Å²) in [5.74, 6) is 0.837. The van der Waals surface area contributed by atoms with Crippen LogP contribution >= 0.6 is 15.9 Å². The number of hydrogen-bond donors (Lipinski definition) is 4. The molecular weight excluding hydrogens is 306 g/mol. The summed E-state index contributed by atoms with van der Waals surface area (Å²) in [4.78, 5) is 4.35. The van der Waals surface area contributed by atoms with Crippen molar-refractivity contribution in [1.82, 2.24) is 5.32 Å². The maximum Gasteiger partial charge on any atom is 0.195 e. The van der Waals surface area contributed by atoms with E-state index in [4.69, 9.17) is 0 Å². The van der Waals surface area contributed by atoms with Gasteiger partial charge >= 0.3 is 0 Å². The first kappa shape index (κ1) is 12.6. The number of anilines is 3. The number of guanidine groups is 1. The first-order chi connectivity index (χ1) is 9.05. The third-order valence-corrected chi connectivity index (χ3v) is 4.08. The molecule has 0 amide bonds. The smallest absolute Gasteiger partial charge is 0.195 e. The molecule has 0 aliphatic carbocycles. The Bertz CT molecular complexity index is 538. The molecular formula is C13H18BrN5. The Morgan fingerprint density at radius 3 is 2.89 bits per heavy atom. The molecule has 0 atom stereocenters. The third kappa shape index (κ3) is 2.49. The summed E-state index contributed by atoms with van der Waals surface area (Å²) >= 11 is 3.68. The molecule has 2 aliphatic heterocycles. The lowest BCUT2D eigenvalue weighted by molar-refractivity contribution is 0.588. The van der Waals surface area contributed by atoms with Crippen LogP contribution in [0.3, 0.4) is 0 Å². The molecule has 102 valence electrons.